The van der Waals surface area contributed by atoms with E-state index < -0.39 is 5.60 Å². The summed E-state index contributed by atoms with van der Waals surface area (Å²) in [5.41, 5.74) is -0.414. The molecule has 1 heterocycles. The van der Waals surface area contributed by atoms with E-state index >= 15 is 0 Å². The lowest BCUT2D eigenvalue weighted by Gasteiger charge is -2.38. The monoisotopic (exact) mass is 200 g/mol. The quantitative estimate of drug-likeness (QED) is 0.705. The van der Waals surface area contributed by atoms with Crippen LogP contribution < -0.4 is 10.6 Å². The zero-order valence-electron chi connectivity index (χ0n) is 9.39. The van der Waals surface area contributed by atoms with Crippen LogP contribution in [0.5, 0.6) is 0 Å². The van der Waals surface area contributed by atoms with Gasteiger partial charge in [0.1, 0.15) is 5.60 Å². The Morgan fingerprint density at radius 3 is 2.57 bits per heavy atom. The molecule has 2 atom stereocenters. The van der Waals surface area contributed by atoms with Gasteiger partial charge in [0, 0.05) is 12.6 Å². The largest absolute Gasteiger partial charge is 0.444 e. The molecule has 1 fully saturated rings. The molecule has 0 bridgehead atoms. The summed E-state index contributed by atoms with van der Waals surface area (Å²) in [5.74, 6) is 0. The molecule has 0 aromatic carbocycles. The second-order valence-corrected chi connectivity index (χ2v) is 4.68. The molecule has 1 aliphatic heterocycles. The van der Waals surface area contributed by atoms with Crippen molar-refractivity contribution < 1.29 is 9.53 Å². The van der Waals surface area contributed by atoms with Crippen LogP contribution in [0, 0.1) is 0 Å². The molecule has 0 unspecified atom stereocenters. The van der Waals surface area contributed by atoms with Crippen LogP contribution in [0.15, 0.2) is 0 Å². The summed E-state index contributed by atoms with van der Waals surface area (Å²) in [6.07, 6.45) is 0.711. The third-order valence-electron chi connectivity index (χ3n) is 2.23. The van der Waals surface area contributed by atoms with Gasteiger partial charge in [-0.3, -0.25) is 0 Å². The summed E-state index contributed by atoms with van der Waals surface area (Å²) in [6.45, 7) is 8.53. The Morgan fingerprint density at radius 2 is 2.21 bits per heavy atom. The smallest absolute Gasteiger partial charge is 0.407 e. The van der Waals surface area contributed by atoms with Gasteiger partial charge in [0.25, 0.3) is 0 Å². The summed E-state index contributed by atoms with van der Waals surface area (Å²) >= 11 is 0. The van der Waals surface area contributed by atoms with E-state index in [0.717, 1.165) is 13.0 Å². The van der Waals surface area contributed by atoms with Crippen LogP contribution in [0.4, 0.5) is 4.79 Å². The number of ether oxygens (including phenoxy) is 1. The zero-order valence-corrected chi connectivity index (χ0v) is 9.39. The number of hydrogen-bond acceptors (Lipinski definition) is 3. The van der Waals surface area contributed by atoms with Crippen molar-refractivity contribution in [1.82, 2.24) is 10.6 Å². The Hall–Kier alpha value is -0.770. The fraction of sp³-hybridized carbons (Fsp3) is 0.900. The molecule has 0 aromatic rings. The molecule has 1 aliphatic rings. The Bertz CT molecular complexity index is 209. The maximum absolute atomic E-state index is 11.4. The SMILES string of the molecule is CC[C@H]1NC[C@H]1NC(=O)OC(C)(C)C. The first kappa shape index (κ1) is 11.3. The lowest BCUT2D eigenvalue weighted by atomic mass is 9.98. The molecule has 0 spiro atoms. The van der Waals surface area contributed by atoms with E-state index in [2.05, 4.69) is 17.6 Å². The van der Waals surface area contributed by atoms with Gasteiger partial charge in [-0.25, -0.2) is 4.79 Å². The number of carbonyl (C=O) groups excluding carboxylic acids is 1. The van der Waals surface area contributed by atoms with Gasteiger partial charge >= 0.3 is 6.09 Å². The van der Waals surface area contributed by atoms with Gasteiger partial charge < -0.3 is 15.4 Å². The van der Waals surface area contributed by atoms with Crippen molar-refractivity contribution in [2.75, 3.05) is 6.54 Å². The lowest BCUT2D eigenvalue weighted by Crippen LogP contribution is -2.64. The first-order chi connectivity index (χ1) is 6.42. The summed E-state index contributed by atoms with van der Waals surface area (Å²) in [4.78, 5) is 11.4. The predicted molar refractivity (Wildman–Crippen MR) is 55.2 cm³/mol. The van der Waals surface area contributed by atoms with Crippen LogP contribution in [0.1, 0.15) is 34.1 Å². The fourth-order valence-corrected chi connectivity index (χ4v) is 1.44. The molecular weight excluding hydrogens is 180 g/mol. The van der Waals surface area contributed by atoms with Crippen LogP contribution in [-0.2, 0) is 4.74 Å². The molecule has 1 saturated heterocycles. The van der Waals surface area contributed by atoms with Crippen LogP contribution in [-0.4, -0.2) is 30.3 Å². The molecule has 0 aromatic heterocycles. The molecule has 82 valence electrons. The van der Waals surface area contributed by atoms with Crippen LogP contribution >= 0.6 is 0 Å². The van der Waals surface area contributed by atoms with Gasteiger partial charge in [-0.1, -0.05) is 6.92 Å². The molecule has 4 nitrogen and oxygen atoms in total. The van der Waals surface area contributed by atoms with E-state index in [1.165, 1.54) is 0 Å². The van der Waals surface area contributed by atoms with Gasteiger partial charge in [-0.2, -0.15) is 0 Å². The Kier molecular flexibility index (Phi) is 3.37. The van der Waals surface area contributed by atoms with Crippen molar-refractivity contribution in [1.29, 1.82) is 0 Å². The van der Waals surface area contributed by atoms with Crippen LogP contribution in [0.2, 0.25) is 0 Å². The van der Waals surface area contributed by atoms with Crippen molar-refractivity contribution in [3.63, 3.8) is 0 Å². The third-order valence-corrected chi connectivity index (χ3v) is 2.23. The highest BCUT2D eigenvalue weighted by molar-refractivity contribution is 5.68. The molecular formula is C10H20N2O2. The minimum Gasteiger partial charge on any atom is -0.444 e. The van der Waals surface area contributed by atoms with E-state index in [4.69, 9.17) is 4.74 Å². The average Bonchev–Trinajstić information content (AvgIpc) is 1.96. The number of rotatable bonds is 2. The molecule has 4 heteroatoms. The topological polar surface area (TPSA) is 50.4 Å². The van der Waals surface area contributed by atoms with Gasteiger partial charge in [-0.05, 0) is 27.2 Å². The van der Waals surface area contributed by atoms with Crippen molar-refractivity contribution in [3.8, 4) is 0 Å². The third kappa shape index (κ3) is 3.18. The lowest BCUT2D eigenvalue weighted by molar-refractivity contribution is 0.0462. The first-order valence-electron chi connectivity index (χ1n) is 5.15. The van der Waals surface area contributed by atoms with Crippen molar-refractivity contribution >= 4 is 6.09 Å². The maximum Gasteiger partial charge on any atom is 0.407 e. The van der Waals surface area contributed by atoms with Crippen molar-refractivity contribution in [2.24, 2.45) is 0 Å². The molecule has 1 rings (SSSR count). The number of amides is 1. The molecule has 0 radical (unpaired) electrons. The second-order valence-electron chi connectivity index (χ2n) is 4.68. The van der Waals surface area contributed by atoms with E-state index in [1.54, 1.807) is 0 Å². The van der Waals surface area contributed by atoms with E-state index in [0.29, 0.717) is 6.04 Å². The van der Waals surface area contributed by atoms with E-state index in [9.17, 15) is 4.79 Å². The predicted octanol–water partition coefficient (Wildman–Crippen LogP) is 1.26. The molecule has 2 N–H and O–H groups in total. The minimum absolute atomic E-state index is 0.231. The summed E-state index contributed by atoms with van der Waals surface area (Å²) < 4.78 is 5.16. The maximum atomic E-state index is 11.4. The van der Waals surface area contributed by atoms with Gasteiger partial charge in [0.2, 0.25) is 0 Å². The van der Waals surface area contributed by atoms with Gasteiger partial charge in [-0.15, -0.1) is 0 Å². The van der Waals surface area contributed by atoms with Gasteiger partial charge in [0.05, 0.1) is 6.04 Å². The molecule has 1 amide bonds. The number of hydrogen-bond donors (Lipinski definition) is 2. The second kappa shape index (κ2) is 4.17. The van der Waals surface area contributed by atoms with Crippen molar-refractivity contribution in [2.45, 2.75) is 51.8 Å². The average molecular weight is 200 g/mol. The summed E-state index contributed by atoms with van der Waals surface area (Å²) in [6, 6.07) is 0.636. The summed E-state index contributed by atoms with van der Waals surface area (Å²) in [5, 5.41) is 6.09. The molecule has 0 saturated carbocycles. The number of nitrogens with one attached hydrogen (secondary N) is 2. The highest BCUT2D eigenvalue weighted by Crippen LogP contribution is 2.10. The number of carbonyl (C=O) groups is 1. The van der Waals surface area contributed by atoms with Crippen molar-refractivity contribution in [3.05, 3.63) is 0 Å². The fourth-order valence-electron chi connectivity index (χ4n) is 1.44. The highest BCUT2D eigenvalue weighted by atomic mass is 16.6. The summed E-state index contributed by atoms with van der Waals surface area (Å²) in [7, 11) is 0. The van der Waals surface area contributed by atoms with Crippen LogP contribution in [0.25, 0.3) is 0 Å². The normalized spacial score (nSPS) is 26.6. The highest BCUT2D eigenvalue weighted by Gasteiger charge is 2.31. The Labute approximate surface area is 85.4 Å². The first-order valence-corrected chi connectivity index (χ1v) is 5.15. The molecule has 0 aliphatic carbocycles. The number of alkyl carbamates (subject to hydrolysis) is 1. The molecule has 14 heavy (non-hydrogen) atoms. The van der Waals surface area contributed by atoms with Gasteiger partial charge in [0.15, 0.2) is 0 Å². The zero-order chi connectivity index (χ0) is 10.8. The van der Waals surface area contributed by atoms with Crippen LogP contribution in [0.3, 0.4) is 0 Å². The Balaban J connectivity index is 2.27. The van der Waals surface area contributed by atoms with E-state index in [-0.39, 0.29) is 12.1 Å². The minimum atomic E-state index is -0.414. The van der Waals surface area contributed by atoms with E-state index in [1.807, 2.05) is 20.8 Å². The standard InChI is InChI=1S/C10H20N2O2/c1-5-7-8(6-11-7)12-9(13)14-10(2,3)4/h7-8,11H,5-6H2,1-4H3,(H,12,13)/t7-,8-/m1/s1. The Morgan fingerprint density at radius 1 is 1.57 bits per heavy atom.